The number of hydrogen-bond acceptors (Lipinski definition) is 8. The number of nitrogens with two attached hydrogens (primary N) is 2. The fourth-order valence-electron chi connectivity index (χ4n) is 5.73. The highest BCUT2D eigenvalue weighted by Crippen LogP contribution is 2.38. The molecule has 3 aromatic carbocycles. The number of aromatic hydroxyl groups is 1. The lowest BCUT2D eigenvalue weighted by atomic mass is 9.88. The molecule has 4 heterocycles. The Labute approximate surface area is 263 Å². The average molecular weight is 640 g/mol. The summed E-state index contributed by atoms with van der Waals surface area (Å²) in [5.74, 6) is -0.871. The summed E-state index contributed by atoms with van der Waals surface area (Å²) >= 11 is 0. The van der Waals surface area contributed by atoms with Crippen molar-refractivity contribution in [2.75, 3.05) is 13.2 Å². The van der Waals surface area contributed by atoms with Crippen molar-refractivity contribution in [1.29, 1.82) is 0 Å². The maximum Gasteiger partial charge on any atom is 0.268 e. The summed E-state index contributed by atoms with van der Waals surface area (Å²) in [7, 11) is -4.51. The van der Waals surface area contributed by atoms with Crippen LogP contribution >= 0.6 is 0 Å². The van der Waals surface area contributed by atoms with Crippen molar-refractivity contribution in [3.8, 4) is 11.5 Å². The molecule has 11 nitrogen and oxygen atoms in total. The first-order chi connectivity index (χ1) is 21.4. The maximum atomic E-state index is 12.8. The van der Waals surface area contributed by atoms with Gasteiger partial charge in [0.25, 0.3) is 10.1 Å². The minimum atomic E-state index is -4.51. The molecule has 12 heteroatoms. The van der Waals surface area contributed by atoms with Crippen LogP contribution in [0.3, 0.4) is 0 Å². The number of aliphatic imine (C=N–C) groups is 1. The molecular weight excluding hydrogens is 598 g/mol. The van der Waals surface area contributed by atoms with Crippen molar-refractivity contribution >= 4 is 16.1 Å². The molecule has 0 fully saturated rings. The van der Waals surface area contributed by atoms with Gasteiger partial charge in [0.15, 0.2) is 5.96 Å². The number of nitrogens with zero attached hydrogens (tertiary/aromatic N) is 1. The molecule has 4 bridgehead atoms. The summed E-state index contributed by atoms with van der Waals surface area (Å²) in [6.07, 6.45) is 3.11. The van der Waals surface area contributed by atoms with Gasteiger partial charge in [-0.25, -0.2) is 4.99 Å². The van der Waals surface area contributed by atoms with E-state index in [0.717, 1.165) is 11.1 Å². The van der Waals surface area contributed by atoms with Crippen LogP contribution in [0.2, 0.25) is 0 Å². The second-order valence-electron chi connectivity index (χ2n) is 11.4. The van der Waals surface area contributed by atoms with E-state index in [9.17, 15) is 33.4 Å². The Kier molecular flexibility index (Phi) is 11.2. The second kappa shape index (κ2) is 14.9. The molecule has 0 saturated carbocycles. The molecule has 7 rings (SSSR count). The summed E-state index contributed by atoms with van der Waals surface area (Å²) in [6.45, 7) is -0.383. The van der Waals surface area contributed by atoms with Crippen molar-refractivity contribution in [3.63, 3.8) is 0 Å². The molecule has 0 amide bonds. The van der Waals surface area contributed by atoms with Crippen LogP contribution in [0.25, 0.3) is 0 Å². The standard InChI is InChI=1S/C33H41N3O8S/c34-32(35)36-33(20-24(21-38)17-18-37)27-9-1-23(2-10-27)19-26(8-15-30(40)25-6-11-28(39)12-7-25)31(45(41,42)43)16-5-22-3-13-29(44-33)14-4-22/h1-4,6-15,24,26,30-31,37-40H,5,16-21H2,(H4,34,35,36)(H,41,42,43). The van der Waals surface area contributed by atoms with E-state index in [2.05, 4.69) is 4.99 Å². The van der Waals surface area contributed by atoms with E-state index >= 15 is 0 Å². The van der Waals surface area contributed by atoms with E-state index in [1.807, 2.05) is 0 Å². The molecule has 0 radical (unpaired) electrons. The van der Waals surface area contributed by atoms with E-state index < -0.39 is 39.0 Å². The van der Waals surface area contributed by atoms with Crippen molar-refractivity contribution in [1.82, 2.24) is 0 Å². The highest BCUT2D eigenvalue weighted by Gasteiger charge is 2.38. The third kappa shape index (κ3) is 9.05. The van der Waals surface area contributed by atoms with Crippen LogP contribution in [-0.2, 0) is 28.7 Å². The highest BCUT2D eigenvalue weighted by molar-refractivity contribution is 7.86. The SMILES string of the molecule is NC(N)=NC1(CC(CO)CCO)Oc2ccc(cc2)CCC(S(=O)(=O)O)C(C=CC(O)c2ccc(O)cc2)Cc2ccc1cc2. The minimum absolute atomic E-state index is 0.0502. The predicted molar refractivity (Wildman–Crippen MR) is 171 cm³/mol. The molecule has 0 spiro atoms. The van der Waals surface area contributed by atoms with Gasteiger partial charge in [0, 0.05) is 31.1 Å². The zero-order valence-corrected chi connectivity index (χ0v) is 25.6. The highest BCUT2D eigenvalue weighted by atomic mass is 32.2. The molecule has 4 aliphatic heterocycles. The molecular formula is C33H41N3O8S. The van der Waals surface area contributed by atoms with Crippen LogP contribution in [-0.4, -0.2) is 57.8 Å². The molecule has 5 unspecified atom stereocenters. The largest absolute Gasteiger partial charge is 0.508 e. The van der Waals surface area contributed by atoms with Gasteiger partial charge < -0.3 is 36.6 Å². The number of phenols is 1. The molecule has 3 aromatic rings. The summed E-state index contributed by atoms with van der Waals surface area (Å²) < 4.78 is 42.4. The molecule has 0 aliphatic carbocycles. The van der Waals surface area contributed by atoms with Gasteiger partial charge in [-0.2, -0.15) is 8.42 Å². The number of guanidine groups is 1. The lowest BCUT2D eigenvalue weighted by Gasteiger charge is -2.34. The Morgan fingerprint density at radius 2 is 1.64 bits per heavy atom. The molecule has 45 heavy (non-hydrogen) atoms. The smallest absolute Gasteiger partial charge is 0.268 e. The van der Waals surface area contributed by atoms with Crippen LogP contribution in [0.1, 0.15) is 47.6 Å². The summed E-state index contributed by atoms with van der Waals surface area (Å²) in [5.41, 5.74) is 12.9. The lowest BCUT2D eigenvalue weighted by Crippen LogP contribution is -2.39. The van der Waals surface area contributed by atoms with Gasteiger partial charge in [0.2, 0.25) is 5.72 Å². The fraction of sp³-hybridized carbons (Fsp3) is 0.364. The van der Waals surface area contributed by atoms with Gasteiger partial charge in [-0.3, -0.25) is 4.55 Å². The molecule has 4 aliphatic rings. The predicted octanol–water partition coefficient (Wildman–Crippen LogP) is 2.93. The molecule has 5 atom stereocenters. The fourth-order valence-corrected chi connectivity index (χ4v) is 6.78. The zero-order valence-electron chi connectivity index (χ0n) is 24.8. The normalized spacial score (nSPS) is 21.9. The number of ether oxygens (including phenoxy) is 1. The van der Waals surface area contributed by atoms with Crippen LogP contribution < -0.4 is 16.2 Å². The van der Waals surface area contributed by atoms with Gasteiger partial charge in [0.05, 0.1) is 11.4 Å². The van der Waals surface area contributed by atoms with Crippen molar-refractivity contribution < 1.29 is 38.1 Å². The van der Waals surface area contributed by atoms with E-state index in [1.165, 1.54) is 18.2 Å². The van der Waals surface area contributed by atoms with Crippen molar-refractivity contribution in [3.05, 3.63) is 107 Å². The third-order valence-corrected chi connectivity index (χ3v) is 9.46. The Hall–Kier alpha value is -3.94. The first-order valence-corrected chi connectivity index (χ1v) is 16.2. The molecule has 0 aromatic heterocycles. The number of aliphatic hydroxyl groups excluding tert-OH is 3. The van der Waals surface area contributed by atoms with Crippen LogP contribution in [0, 0.1) is 11.8 Å². The Morgan fingerprint density at radius 3 is 2.22 bits per heavy atom. The quantitative estimate of drug-likeness (QED) is 0.0746. The van der Waals surface area contributed by atoms with Crippen molar-refractivity contribution in [2.24, 2.45) is 28.3 Å². The maximum absolute atomic E-state index is 12.8. The van der Waals surface area contributed by atoms with Crippen LogP contribution in [0.4, 0.5) is 0 Å². The van der Waals surface area contributed by atoms with Gasteiger partial charge >= 0.3 is 0 Å². The minimum Gasteiger partial charge on any atom is -0.508 e. The van der Waals surface area contributed by atoms with Crippen molar-refractivity contribution in [2.45, 2.75) is 49.2 Å². The number of hydrogen-bond donors (Lipinski definition) is 7. The first-order valence-electron chi connectivity index (χ1n) is 14.7. The summed E-state index contributed by atoms with van der Waals surface area (Å²) in [5, 5.41) is 38.9. The van der Waals surface area contributed by atoms with Gasteiger partial charge in [-0.1, -0.05) is 60.7 Å². The van der Waals surface area contributed by atoms with Crippen LogP contribution in [0.5, 0.6) is 11.5 Å². The number of phenolic OH excluding ortho intramolecular Hbond substituents is 1. The zero-order chi connectivity index (χ0) is 32.6. The second-order valence-corrected chi connectivity index (χ2v) is 13.0. The summed E-state index contributed by atoms with van der Waals surface area (Å²) in [4.78, 5) is 4.51. The summed E-state index contributed by atoms with van der Waals surface area (Å²) in [6, 6.07) is 20.1. The van der Waals surface area contributed by atoms with Gasteiger partial charge in [-0.15, -0.1) is 0 Å². The van der Waals surface area contributed by atoms with E-state index in [-0.39, 0.29) is 44.2 Å². The van der Waals surface area contributed by atoms with Gasteiger partial charge in [0.1, 0.15) is 11.5 Å². The number of rotatable bonds is 10. The number of aliphatic hydroxyl groups is 3. The van der Waals surface area contributed by atoms with E-state index in [0.29, 0.717) is 29.7 Å². The molecule has 9 N–H and O–H groups in total. The Morgan fingerprint density at radius 1 is 1.00 bits per heavy atom. The third-order valence-electron chi connectivity index (χ3n) is 8.11. The van der Waals surface area contributed by atoms with E-state index in [1.54, 1.807) is 66.7 Å². The Balaban J connectivity index is 1.81. The van der Waals surface area contributed by atoms with Crippen LogP contribution in [0.15, 0.2) is 89.9 Å². The van der Waals surface area contributed by atoms with Gasteiger partial charge in [-0.05, 0) is 72.6 Å². The lowest BCUT2D eigenvalue weighted by molar-refractivity contribution is 0.0290. The number of allylic oxidation sites excluding steroid dienone is 1. The number of aryl methyl sites for hydroxylation is 1. The molecule has 0 saturated heterocycles. The topological polar surface area (TPSA) is 209 Å². The first kappa shape index (κ1) is 33.9. The Bertz CT molecular complexity index is 1560. The van der Waals surface area contributed by atoms with E-state index in [4.69, 9.17) is 16.2 Å². The monoisotopic (exact) mass is 639 g/mol. The number of benzene rings is 3. The molecule has 242 valence electrons. The average Bonchev–Trinajstić information content (AvgIpc) is 3.00.